The monoisotopic (exact) mass is 326 g/mol. The summed E-state index contributed by atoms with van der Waals surface area (Å²) >= 11 is 1.33. The van der Waals surface area contributed by atoms with Gasteiger partial charge in [0.05, 0.1) is 20.1 Å². The largest absolute Gasteiger partial charge is 0.469 e. The van der Waals surface area contributed by atoms with Gasteiger partial charge in [0.25, 0.3) is 0 Å². The van der Waals surface area contributed by atoms with Gasteiger partial charge in [0.15, 0.2) is 6.29 Å². The third-order valence-electron chi connectivity index (χ3n) is 3.45. The number of hydrogen-bond acceptors (Lipinski definition) is 9. The van der Waals surface area contributed by atoms with Gasteiger partial charge in [0, 0.05) is 5.75 Å². The second-order valence-electron chi connectivity index (χ2n) is 4.82. The molecule has 9 heteroatoms. The minimum absolute atomic E-state index is 0.0453. The molecule has 8 nitrogen and oxygen atoms in total. The normalized spacial score (nSPS) is 36.5. The summed E-state index contributed by atoms with van der Waals surface area (Å²) < 4.78 is 9.39. The van der Waals surface area contributed by atoms with Gasteiger partial charge in [-0.25, -0.2) is 0 Å². The molecule has 1 aliphatic rings. The maximum atomic E-state index is 10.9. The van der Waals surface area contributed by atoms with Crippen molar-refractivity contribution in [2.24, 2.45) is 0 Å². The van der Waals surface area contributed by atoms with E-state index in [0.29, 0.717) is 11.5 Å². The zero-order chi connectivity index (χ0) is 16.0. The molecule has 0 unspecified atom stereocenters. The Balaban J connectivity index is 2.46. The Hall–Kier alpha value is -0.420. The molecule has 21 heavy (non-hydrogen) atoms. The van der Waals surface area contributed by atoms with E-state index < -0.39 is 36.8 Å². The van der Waals surface area contributed by atoms with E-state index in [9.17, 15) is 25.2 Å². The molecule has 0 aromatic heterocycles. The van der Waals surface area contributed by atoms with Crippen molar-refractivity contribution in [2.75, 3.05) is 25.2 Å². The number of esters is 1. The zero-order valence-electron chi connectivity index (χ0n) is 11.7. The molecule has 5 N–H and O–H groups in total. The summed E-state index contributed by atoms with van der Waals surface area (Å²) in [5.41, 5.74) is -2.02. The lowest BCUT2D eigenvalue weighted by Gasteiger charge is -2.46. The van der Waals surface area contributed by atoms with E-state index in [0.717, 1.165) is 0 Å². The number of carbonyl (C=O) groups is 1. The lowest BCUT2D eigenvalue weighted by molar-refractivity contribution is -0.329. The summed E-state index contributed by atoms with van der Waals surface area (Å²) in [6.07, 6.45) is -5.83. The van der Waals surface area contributed by atoms with Crippen molar-refractivity contribution in [3.8, 4) is 0 Å². The van der Waals surface area contributed by atoms with Gasteiger partial charge in [0.2, 0.25) is 0 Å². The van der Waals surface area contributed by atoms with Crippen LogP contribution in [0.15, 0.2) is 0 Å². The first-order valence-electron chi connectivity index (χ1n) is 6.54. The Labute approximate surface area is 126 Å². The Morgan fingerprint density at radius 2 is 2.00 bits per heavy atom. The first-order valence-corrected chi connectivity index (χ1v) is 7.69. The molecule has 0 radical (unpaired) electrons. The molecule has 1 saturated heterocycles. The maximum absolute atomic E-state index is 10.9. The summed E-state index contributed by atoms with van der Waals surface area (Å²) in [5, 5.41) is 48.6. The van der Waals surface area contributed by atoms with Crippen LogP contribution >= 0.6 is 11.8 Å². The van der Waals surface area contributed by atoms with Crippen LogP contribution in [0.3, 0.4) is 0 Å². The number of ether oxygens (including phenoxy) is 2. The second-order valence-corrected chi connectivity index (χ2v) is 6.05. The SMILES string of the molecule is COC(=O)CCSCC[C@]1(O)[C@H](O)O[C@H](CO)[C@H](O)[C@@H]1O. The predicted octanol–water partition coefficient (Wildman–Crippen LogP) is -2.16. The Bertz CT molecular complexity index is 341. The van der Waals surface area contributed by atoms with Gasteiger partial charge in [-0.2, -0.15) is 11.8 Å². The van der Waals surface area contributed by atoms with Crippen molar-refractivity contribution in [1.82, 2.24) is 0 Å². The molecule has 1 rings (SSSR count). The van der Waals surface area contributed by atoms with Crippen molar-refractivity contribution in [3.05, 3.63) is 0 Å². The fourth-order valence-corrected chi connectivity index (χ4v) is 3.01. The van der Waals surface area contributed by atoms with Crippen LogP contribution in [0.4, 0.5) is 0 Å². The lowest BCUT2D eigenvalue weighted by atomic mass is 9.84. The first kappa shape index (κ1) is 18.6. The highest BCUT2D eigenvalue weighted by molar-refractivity contribution is 7.99. The van der Waals surface area contributed by atoms with Crippen molar-refractivity contribution in [1.29, 1.82) is 0 Å². The Morgan fingerprint density at radius 3 is 2.57 bits per heavy atom. The minimum Gasteiger partial charge on any atom is -0.469 e. The van der Waals surface area contributed by atoms with Gasteiger partial charge >= 0.3 is 5.97 Å². The smallest absolute Gasteiger partial charge is 0.306 e. The number of hydrogen-bond donors (Lipinski definition) is 5. The van der Waals surface area contributed by atoms with Crippen LogP contribution in [0.25, 0.3) is 0 Å². The molecule has 1 aliphatic heterocycles. The molecule has 0 aromatic rings. The molecule has 0 aliphatic carbocycles. The fourth-order valence-electron chi connectivity index (χ4n) is 2.03. The third kappa shape index (κ3) is 4.52. The van der Waals surface area contributed by atoms with E-state index in [4.69, 9.17) is 9.84 Å². The molecule has 124 valence electrons. The molecular formula is C12H22O8S. The Morgan fingerprint density at radius 1 is 1.33 bits per heavy atom. The van der Waals surface area contributed by atoms with E-state index in [1.807, 2.05) is 0 Å². The van der Waals surface area contributed by atoms with Gasteiger partial charge in [-0.15, -0.1) is 0 Å². The second kappa shape index (κ2) is 8.28. The predicted molar refractivity (Wildman–Crippen MR) is 73.5 cm³/mol. The summed E-state index contributed by atoms with van der Waals surface area (Å²) in [6.45, 7) is -0.584. The molecule has 1 heterocycles. The van der Waals surface area contributed by atoms with Crippen LogP contribution in [-0.4, -0.2) is 86.9 Å². The number of methoxy groups -OCH3 is 1. The highest BCUT2D eigenvalue weighted by Gasteiger charge is 2.53. The van der Waals surface area contributed by atoms with Gasteiger partial charge in [0.1, 0.15) is 23.9 Å². The summed E-state index contributed by atoms with van der Waals surface area (Å²) in [7, 11) is 1.29. The summed E-state index contributed by atoms with van der Waals surface area (Å²) in [6, 6.07) is 0. The van der Waals surface area contributed by atoms with E-state index in [-0.39, 0.29) is 18.8 Å². The van der Waals surface area contributed by atoms with Crippen LogP contribution in [0.1, 0.15) is 12.8 Å². The zero-order valence-corrected chi connectivity index (χ0v) is 12.5. The first-order chi connectivity index (χ1) is 9.86. The highest BCUT2D eigenvalue weighted by Crippen LogP contribution is 2.32. The number of aliphatic hydroxyl groups is 5. The fraction of sp³-hybridized carbons (Fsp3) is 0.917. The van der Waals surface area contributed by atoms with Crippen molar-refractivity contribution >= 4 is 17.7 Å². The highest BCUT2D eigenvalue weighted by atomic mass is 32.2. The minimum atomic E-state index is -2.02. The van der Waals surface area contributed by atoms with Crippen LogP contribution in [0, 0.1) is 0 Å². The number of rotatable bonds is 7. The van der Waals surface area contributed by atoms with Crippen molar-refractivity contribution in [2.45, 2.75) is 43.0 Å². The standard InChI is InChI=1S/C12H22O8S/c1-19-8(14)2-4-21-5-3-12(18)10(16)9(15)7(6-13)20-11(12)17/h7,9-11,13,15-18H,2-6H2,1H3/t7-,9+,10+,11-,12-/m1/s1. The molecule has 0 aromatic carbocycles. The van der Waals surface area contributed by atoms with Gasteiger partial charge in [-0.1, -0.05) is 0 Å². The number of aliphatic hydroxyl groups excluding tert-OH is 4. The third-order valence-corrected chi connectivity index (χ3v) is 4.44. The lowest BCUT2D eigenvalue weighted by Crippen LogP contribution is -2.66. The van der Waals surface area contributed by atoms with Gasteiger partial charge in [-0.05, 0) is 12.2 Å². The molecule has 1 fully saturated rings. The van der Waals surface area contributed by atoms with E-state index in [1.165, 1.54) is 18.9 Å². The molecule has 0 saturated carbocycles. The summed E-state index contributed by atoms with van der Waals surface area (Å²) in [4.78, 5) is 10.9. The Kier molecular flexibility index (Phi) is 7.34. The van der Waals surface area contributed by atoms with Crippen molar-refractivity contribution < 1.29 is 39.8 Å². The molecular weight excluding hydrogens is 304 g/mol. The molecule has 5 atom stereocenters. The van der Waals surface area contributed by atoms with Crippen molar-refractivity contribution in [3.63, 3.8) is 0 Å². The maximum Gasteiger partial charge on any atom is 0.306 e. The van der Waals surface area contributed by atoms with Crippen LogP contribution in [-0.2, 0) is 14.3 Å². The van der Waals surface area contributed by atoms with Gasteiger partial charge < -0.3 is 35.0 Å². The van der Waals surface area contributed by atoms with E-state index in [2.05, 4.69) is 4.74 Å². The summed E-state index contributed by atoms with van der Waals surface area (Å²) in [5.74, 6) is 0.461. The van der Waals surface area contributed by atoms with E-state index >= 15 is 0 Å². The van der Waals surface area contributed by atoms with Gasteiger partial charge in [-0.3, -0.25) is 4.79 Å². The topological polar surface area (TPSA) is 137 Å². The van der Waals surface area contributed by atoms with Crippen LogP contribution < -0.4 is 0 Å². The van der Waals surface area contributed by atoms with E-state index in [1.54, 1.807) is 0 Å². The average molecular weight is 326 g/mol. The average Bonchev–Trinajstić information content (AvgIpc) is 2.48. The quantitative estimate of drug-likeness (QED) is 0.261. The molecule has 0 amide bonds. The van der Waals surface area contributed by atoms with Crippen LogP contribution in [0.5, 0.6) is 0 Å². The molecule has 0 spiro atoms. The van der Waals surface area contributed by atoms with Crippen LogP contribution in [0.2, 0.25) is 0 Å². The number of thioether (sulfide) groups is 1. The molecule has 0 bridgehead atoms. The number of carbonyl (C=O) groups excluding carboxylic acids is 1.